The maximum Gasteiger partial charge on any atom is 0.0558 e. The van der Waals surface area contributed by atoms with E-state index in [1.54, 1.807) is 0 Å². The van der Waals surface area contributed by atoms with Crippen LogP contribution in [-0.2, 0) is 0 Å². The van der Waals surface area contributed by atoms with Crippen molar-refractivity contribution in [1.82, 2.24) is 4.90 Å². The number of nitrogens with two attached hydrogens (primary N) is 1. The lowest BCUT2D eigenvalue weighted by atomic mass is 9.98. The summed E-state index contributed by atoms with van der Waals surface area (Å²) in [6, 6.07) is 9.28. The maximum atomic E-state index is 9.38. The minimum absolute atomic E-state index is 0.207. The first kappa shape index (κ1) is 14.5. The molecule has 0 spiro atoms. The lowest BCUT2D eigenvalue weighted by molar-refractivity contribution is 0.107. The van der Waals surface area contributed by atoms with Crippen LogP contribution in [-0.4, -0.2) is 35.7 Å². The molecule has 1 saturated carbocycles. The highest BCUT2D eigenvalue weighted by atomic mass is 16.3. The molecule has 1 aliphatic rings. The lowest BCUT2D eigenvalue weighted by Crippen LogP contribution is -2.42. The van der Waals surface area contributed by atoms with Crippen LogP contribution >= 0.6 is 0 Å². The summed E-state index contributed by atoms with van der Waals surface area (Å²) in [4.78, 5) is 2.43. The van der Waals surface area contributed by atoms with Gasteiger partial charge in [-0.2, -0.15) is 0 Å². The second kappa shape index (κ2) is 7.04. The Morgan fingerprint density at radius 1 is 1.32 bits per heavy atom. The smallest absolute Gasteiger partial charge is 0.0558 e. The third-order valence-corrected chi connectivity index (χ3v) is 4.32. The number of rotatable bonds is 6. The highest BCUT2D eigenvalue weighted by Gasteiger charge is 2.29. The highest BCUT2D eigenvalue weighted by molar-refractivity contribution is 5.29. The Labute approximate surface area is 116 Å². The summed E-state index contributed by atoms with van der Waals surface area (Å²) < 4.78 is 0. The number of hydrogen-bond acceptors (Lipinski definition) is 3. The molecule has 0 amide bonds. The summed E-state index contributed by atoms with van der Waals surface area (Å²) in [7, 11) is 0. The maximum absolute atomic E-state index is 9.38. The summed E-state index contributed by atoms with van der Waals surface area (Å²) in [5.41, 5.74) is 8.65. The minimum atomic E-state index is 0.207. The van der Waals surface area contributed by atoms with Crippen molar-refractivity contribution in [2.75, 3.05) is 19.7 Å². The highest BCUT2D eigenvalue weighted by Crippen LogP contribution is 2.31. The van der Waals surface area contributed by atoms with Crippen molar-refractivity contribution < 1.29 is 5.11 Å². The molecule has 0 bridgehead atoms. The standard InChI is InChI=1S/C16H26N2O/c1-13-6-2-5-9-15(13)16(12-17)18(10-11-19)14-7-3-4-8-14/h2,5-6,9,14,16,19H,3-4,7-8,10-12,17H2,1H3. The average Bonchev–Trinajstić information content (AvgIpc) is 2.94. The van der Waals surface area contributed by atoms with Gasteiger partial charge in [0.25, 0.3) is 0 Å². The van der Waals surface area contributed by atoms with Gasteiger partial charge in [0.1, 0.15) is 0 Å². The Balaban J connectivity index is 2.23. The molecule has 3 N–H and O–H groups in total. The van der Waals surface area contributed by atoms with Gasteiger partial charge in [0.2, 0.25) is 0 Å². The van der Waals surface area contributed by atoms with Crippen molar-refractivity contribution in [2.45, 2.75) is 44.7 Å². The summed E-state index contributed by atoms with van der Waals surface area (Å²) in [5, 5.41) is 9.38. The van der Waals surface area contributed by atoms with Crippen molar-refractivity contribution in [3.63, 3.8) is 0 Å². The van der Waals surface area contributed by atoms with Gasteiger partial charge in [-0.1, -0.05) is 37.1 Å². The quantitative estimate of drug-likeness (QED) is 0.826. The number of aryl methyl sites for hydroxylation is 1. The third kappa shape index (κ3) is 3.35. The van der Waals surface area contributed by atoms with E-state index in [4.69, 9.17) is 5.73 Å². The van der Waals surface area contributed by atoms with Crippen LogP contribution < -0.4 is 5.73 Å². The first-order chi connectivity index (χ1) is 9.27. The van der Waals surface area contributed by atoms with Crippen LogP contribution in [0.2, 0.25) is 0 Å². The Bertz CT molecular complexity index is 388. The molecule has 0 aromatic heterocycles. The Hall–Kier alpha value is -0.900. The molecule has 1 aliphatic carbocycles. The molecule has 3 heteroatoms. The monoisotopic (exact) mass is 262 g/mol. The van der Waals surface area contributed by atoms with Gasteiger partial charge in [-0.3, -0.25) is 4.90 Å². The van der Waals surface area contributed by atoms with Crippen LogP contribution in [0, 0.1) is 6.92 Å². The summed E-state index contributed by atoms with van der Waals surface area (Å²) in [5.74, 6) is 0. The molecule has 0 saturated heterocycles. The molecule has 2 rings (SSSR count). The van der Waals surface area contributed by atoms with Gasteiger partial charge < -0.3 is 10.8 Å². The van der Waals surface area contributed by atoms with Crippen LogP contribution in [0.3, 0.4) is 0 Å². The van der Waals surface area contributed by atoms with E-state index in [1.807, 2.05) is 0 Å². The van der Waals surface area contributed by atoms with Crippen molar-refractivity contribution in [1.29, 1.82) is 0 Å². The van der Waals surface area contributed by atoms with E-state index in [0.29, 0.717) is 12.6 Å². The fourth-order valence-corrected chi connectivity index (χ4v) is 3.35. The number of aliphatic hydroxyl groups is 1. The van der Waals surface area contributed by atoms with Crippen LogP contribution in [0.5, 0.6) is 0 Å². The first-order valence-corrected chi connectivity index (χ1v) is 7.40. The van der Waals surface area contributed by atoms with Crippen LogP contribution in [0.1, 0.15) is 42.9 Å². The van der Waals surface area contributed by atoms with Crippen LogP contribution in [0.25, 0.3) is 0 Å². The van der Waals surface area contributed by atoms with E-state index in [9.17, 15) is 5.11 Å². The molecule has 1 fully saturated rings. The Morgan fingerprint density at radius 3 is 2.58 bits per heavy atom. The molecule has 0 heterocycles. The molecule has 19 heavy (non-hydrogen) atoms. The van der Waals surface area contributed by atoms with E-state index >= 15 is 0 Å². The van der Waals surface area contributed by atoms with Gasteiger partial charge in [0.05, 0.1) is 6.61 Å². The van der Waals surface area contributed by atoms with E-state index in [-0.39, 0.29) is 12.6 Å². The zero-order chi connectivity index (χ0) is 13.7. The predicted molar refractivity (Wildman–Crippen MR) is 79.0 cm³/mol. The third-order valence-electron chi connectivity index (χ3n) is 4.32. The summed E-state index contributed by atoms with van der Waals surface area (Å²) in [6.45, 7) is 3.69. The van der Waals surface area contributed by atoms with Crippen molar-refractivity contribution >= 4 is 0 Å². The van der Waals surface area contributed by atoms with Gasteiger partial charge in [0, 0.05) is 25.2 Å². The minimum Gasteiger partial charge on any atom is -0.395 e. The topological polar surface area (TPSA) is 49.5 Å². The molecule has 1 aromatic carbocycles. The molecule has 1 unspecified atom stereocenters. The second-order valence-electron chi connectivity index (χ2n) is 5.51. The number of aliphatic hydroxyl groups excluding tert-OH is 1. The van der Waals surface area contributed by atoms with Gasteiger partial charge in [-0.15, -0.1) is 0 Å². The fraction of sp³-hybridized carbons (Fsp3) is 0.625. The molecule has 106 valence electrons. The molecule has 0 radical (unpaired) electrons. The summed E-state index contributed by atoms with van der Waals surface area (Å²) >= 11 is 0. The first-order valence-electron chi connectivity index (χ1n) is 7.40. The molecular formula is C16H26N2O. The van der Waals surface area contributed by atoms with E-state index in [2.05, 4.69) is 36.1 Å². The zero-order valence-electron chi connectivity index (χ0n) is 11.9. The molecular weight excluding hydrogens is 236 g/mol. The molecule has 1 atom stereocenters. The SMILES string of the molecule is Cc1ccccc1C(CN)N(CCO)C1CCCC1. The zero-order valence-corrected chi connectivity index (χ0v) is 11.9. The second-order valence-corrected chi connectivity index (χ2v) is 5.51. The molecule has 1 aromatic rings. The largest absolute Gasteiger partial charge is 0.395 e. The van der Waals surface area contributed by atoms with Gasteiger partial charge in [-0.05, 0) is 30.9 Å². The lowest BCUT2D eigenvalue weighted by Gasteiger charge is -2.36. The Kier molecular flexibility index (Phi) is 5.37. The van der Waals surface area contributed by atoms with Crippen molar-refractivity contribution in [3.05, 3.63) is 35.4 Å². The van der Waals surface area contributed by atoms with E-state index in [1.165, 1.54) is 36.8 Å². The number of benzene rings is 1. The van der Waals surface area contributed by atoms with Gasteiger partial charge >= 0.3 is 0 Å². The van der Waals surface area contributed by atoms with Crippen molar-refractivity contribution in [2.24, 2.45) is 5.73 Å². The Morgan fingerprint density at radius 2 is 2.00 bits per heavy atom. The predicted octanol–water partition coefficient (Wildman–Crippen LogP) is 2.23. The summed E-state index contributed by atoms with van der Waals surface area (Å²) in [6.07, 6.45) is 5.08. The normalized spacial score (nSPS) is 18.1. The van der Waals surface area contributed by atoms with E-state index < -0.39 is 0 Å². The van der Waals surface area contributed by atoms with Crippen LogP contribution in [0.15, 0.2) is 24.3 Å². The average molecular weight is 262 g/mol. The fourth-order valence-electron chi connectivity index (χ4n) is 3.35. The van der Waals surface area contributed by atoms with Gasteiger partial charge in [0.15, 0.2) is 0 Å². The molecule has 0 aliphatic heterocycles. The van der Waals surface area contributed by atoms with Crippen molar-refractivity contribution in [3.8, 4) is 0 Å². The number of hydrogen-bond donors (Lipinski definition) is 2. The molecule has 3 nitrogen and oxygen atoms in total. The number of nitrogens with zero attached hydrogens (tertiary/aromatic N) is 1. The van der Waals surface area contributed by atoms with E-state index in [0.717, 1.165) is 6.54 Å². The van der Waals surface area contributed by atoms with Gasteiger partial charge in [-0.25, -0.2) is 0 Å². The van der Waals surface area contributed by atoms with Crippen LogP contribution in [0.4, 0.5) is 0 Å².